The predicted octanol–water partition coefficient (Wildman–Crippen LogP) is 3.70. The minimum atomic E-state index is -1.04. The molecule has 0 saturated heterocycles. The van der Waals surface area contributed by atoms with Crippen molar-refractivity contribution in [1.29, 1.82) is 0 Å². The van der Waals surface area contributed by atoms with Gasteiger partial charge >= 0.3 is 11.9 Å². The van der Waals surface area contributed by atoms with E-state index in [2.05, 4.69) is 5.32 Å². The Hall–Kier alpha value is -3.33. The van der Waals surface area contributed by atoms with Crippen LogP contribution in [0.4, 0.5) is 0 Å². The lowest BCUT2D eigenvalue weighted by Crippen LogP contribution is -2.44. The number of hydrogen-bond acceptors (Lipinski definition) is 9. The topological polar surface area (TPSA) is 112 Å². The Morgan fingerprint density at radius 2 is 1.97 bits per heavy atom. The second-order valence-electron chi connectivity index (χ2n) is 8.88. The minimum Gasteiger partial charge on any atom is -0.468 e. The highest BCUT2D eigenvalue weighted by Crippen LogP contribution is 2.45. The van der Waals surface area contributed by atoms with Crippen molar-refractivity contribution in [2.45, 2.75) is 33.1 Å². The quantitative estimate of drug-likeness (QED) is 0.338. The Morgan fingerprint density at radius 1 is 1.22 bits per heavy atom. The van der Waals surface area contributed by atoms with Gasteiger partial charge in [-0.15, -0.1) is 0 Å². The largest absolute Gasteiger partial charge is 0.468 e. The zero-order valence-corrected chi connectivity index (χ0v) is 21.5. The van der Waals surface area contributed by atoms with Gasteiger partial charge in [0.2, 0.25) is 0 Å². The number of carbonyl (C=O) groups excluding carboxylic acids is 3. The lowest BCUT2D eigenvalue weighted by molar-refractivity contribution is -0.151. The van der Waals surface area contributed by atoms with E-state index in [1.165, 1.54) is 13.4 Å². The molecule has 1 aromatic heterocycles. The molecule has 2 heterocycles. The van der Waals surface area contributed by atoms with Crippen molar-refractivity contribution in [2.75, 3.05) is 25.2 Å². The molecule has 1 aliphatic heterocycles. The fourth-order valence-electron chi connectivity index (χ4n) is 4.97. The molecule has 4 rings (SSSR count). The van der Waals surface area contributed by atoms with Crippen molar-refractivity contribution >= 4 is 40.5 Å². The number of carbonyl (C=O) groups is 3. The number of benzene rings is 1. The van der Waals surface area contributed by atoms with Crippen LogP contribution in [0.25, 0.3) is 11.0 Å². The normalized spacial score (nSPS) is 21.8. The Labute approximate surface area is 213 Å². The molecule has 1 N–H and O–H groups in total. The summed E-state index contributed by atoms with van der Waals surface area (Å²) in [4.78, 5) is 53.3. The molecule has 0 radical (unpaired) electrons. The van der Waals surface area contributed by atoms with Crippen LogP contribution in [-0.2, 0) is 23.9 Å². The molecule has 0 fully saturated rings. The van der Waals surface area contributed by atoms with Gasteiger partial charge in [0, 0.05) is 28.3 Å². The fourth-order valence-corrected chi connectivity index (χ4v) is 5.46. The molecule has 0 bridgehead atoms. The summed E-state index contributed by atoms with van der Waals surface area (Å²) in [6, 6.07) is 6.79. The molecular formula is C27H29NO7S. The number of ether oxygens (including phenoxy) is 2. The Morgan fingerprint density at radius 3 is 2.69 bits per heavy atom. The first-order valence-electron chi connectivity index (χ1n) is 11.9. The summed E-state index contributed by atoms with van der Waals surface area (Å²) in [7, 11) is 1.24. The molecule has 1 aromatic carbocycles. The molecular weight excluding hydrogens is 482 g/mol. The van der Waals surface area contributed by atoms with E-state index in [1.807, 2.05) is 6.92 Å². The molecule has 3 atom stereocenters. The van der Waals surface area contributed by atoms with Gasteiger partial charge < -0.3 is 19.2 Å². The number of para-hydroxylation sites is 1. The van der Waals surface area contributed by atoms with Gasteiger partial charge in [-0.05, 0) is 37.1 Å². The number of esters is 2. The van der Waals surface area contributed by atoms with Crippen LogP contribution in [0.15, 0.2) is 62.3 Å². The predicted molar refractivity (Wildman–Crippen MR) is 136 cm³/mol. The van der Waals surface area contributed by atoms with Crippen molar-refractivity contribution in [1.82, 2.24) is 5.32 Å². The zero-order chi connectivity index (χ0) is 26.0. The van der Waals surface area contributed by atoms with Crippen LogP contribution in [0, 0.1) is 11.8 Å². The summed E-state index contributed by atoms with van der Waals surface area (Å²) >= 11 is 1.63. The average molecular weight is 512 g/mol. The van der Waals surface area contributed by atoms with Crippen LogP contribution in [0.2, 0.25) is 0 Å². The highest BCUT2D eigenvalue weighted by Gasteiger charge is 2.48. The maximum absolute atomic E-state index is 13.8. The third-order valence-electron chi connectivity index (χ3n) is 6.65. The second-order valence-corrected chi connectivity index (χ2v) is 10.3. The standard InChI is InChI=1S/C27H29NO7S/c1-5-36-11-10-34-27(32)21-15(3)28-18-12-14(2)20(26(31)33-4)25(30)23(18)22(21)17-13-35-19-9-7-6-8-16(19)24(17)29/h6-9,13-14,20,22,28H,5,10-12H2,1-4H3/t14-,20+,22-/m0/s1. The van der Waals surface area contributed by atoms with Crippen molar-refractivity contribution in [2.24, 2.45) is 11.8 Å². The molecule has 0 unspecified atom stereocenters. The number of dihydropyridines is 1. The van der Waals surface area contributed by atoms with E-state index in [0.717, 1.165) is 5.75 Å². The first kappa shape index (κ1) is 25.8. The number of ketones is 1. The smallest absolute Gasteiger partial charge is 0.336 e. The average Bonchev–Trinajstić information content (AvgIpc) is 2.86. The number of nitrogens with one attached hydrogen (secondary N) is 1. The van der Waals surface area contributed by atoms with Crippen molar-refractivity contribution in [3.63, 3.8) is 0 Å². The Bertz CT molecular complexity index is 1340. The summed E-state index contributed by atoms with van der Waals surface area (Å²) < 4.78 is 16.2. The van der Waals surface area contributed by atoms with Crippen LogP contribution in [0.3, 0.4) is 0 Å². The van der Waals surface area contributed by atoms with Gasteiger partial charge in [-0.2, -0.15) is 11.8 Å². The maximum atomic E-state index is 13.8. The van der Waals surface area contributed by atoms with Gasteiger partial charge in [0.05, 0.1) is 30.3 Å². The molecule has 0 spiro atoms. The van der Waals surface area contributed by atoms with E-state index in [-0.39, 0.29) is 34.7 Å². The first-order chi connectivity index (χ1) is 17.3. The maximum Gasteiger partial charge on any atom is 0.336 e. The number of methoxy groups -OCH3 is 1. The van der Waals surface area contributed by atoms with Gasteiger partial charge in [0.1, 0.15) is 18.1 Å². The minimum absolute atomic E-state index is 0.142. The number of thioether (sulfide) groups is 1. The van der Waals surface area contributed by atoms with E-state index < -0.39 is 29.6 Å². The Balaban J connectivity index is 1.88. The molecule has 2 aromatic rings. The monoisotopic (exact) mass is 511 g/mol. The molecule has 0 amide bonds. The van der Waals surface area contributed by atoms with E-state index in [1.54, 1.807) is 49.9 Å². The third kappa shape index (κ3) is 4.59. The summed E-state index contributed by atoms with van der Waals surface area (Å²) in [5, 5.41) is 3.53. The van der Waals surface area contributed by atoms with Gasteiger partial charge in [-0.1, -0.05) is 26.0 Å². The van der Waals surface area contributed by atoms with Gasteiger partial charge in [-0.3, -0.25) is 14.4 Å². The van der Waals surface area contributed by atoms with Crippen LogP contribution >= 0.6 is 11.8 Å². The summed E-state index contributed by atoms with van der Waals surface area (Å²) in [6.07, 6.45) is 1.68. The Kier molecular flexibility index (Phi) is 7.68. The van der Waals surface area contributed by atoms with E-state index in [4.69, 9.17) is 13.9 Å². The highest BCUT2D eigenvalue weighted by atomic mass is 32.2. The van der Waals surface area contributed by atoms with E-state index >= 15 is 0 Å². The van der Waals surface area contributed by atoms with Gasteiger partial charge in [0.25, 0.3) is 0 Å². The number of rotatable bonds is 7. The van der Waals surface area contributed by atoms with Crippen LogP contribution in [-0.4, -0.2) is 42.9 Å². The molecule has 8 nitrogen and oxygen atoms in total. The van der Waals surface area contributed by atoms with Crippen LogP contribution in [0.1, 0.15) is 38.7 Å². The number of fused-ring (bicyclic) bond motifs is 1. The second kappa shape index (κ2) is 10.7. The number of Topliss-reactive ketones (excluding diaryl/α,β-unsaturated/α-hetero) is 1. The summed E-state index contributed by atoms with van der Waals surface area (Å²) in [5.74, 6) is -2.63. The van der Waals surface area contributed by atoms with E-state index in [0.29, 0.717) is 34.5 Å². The van der Waals surface area contributed by atoms with E-state index in [9.17, 15) is 19.2 Å². The highest BCUT2D eigenvalue weighted by molar-refractivity contribution is 7.99. The molecule has 0 saturated carbocycles. The summed E-state index contributed by atoms with van der Waals surface area (Å²) in [5.41, 5.74) is 1.62. The number of allylic oxidation sites excluding steroid dienone is 3. The number of hydrogen-bond donors (Lipinski definition) is 1. The van der Waals surface area contributed by atoms with Crippen molar-refractivity contribution in [3.05, 3.63) is 68.9 Å². The van der Waals surface area contributed by atoms with Crippen LogP contribution in [0.5, 0.6) is 0 Å². The first-order valence-corrected chi connectivity index (χ1v) is 13.0. The van der Waals surface area contributed by atoms with Gasteiger partial charge in [-0.25, -0.2) is 4.79 Å². The lowest BCUT2D eigenvalue weighted by atomic mass is 9.69. The molecule has 2 aliphatic rings. The molecule has 190 valence electrons. The van der Waals surface area contributed by atoms with Crippen molar-refractivity contribution in [3.8, 4) is 0 Å². The molecule has 1 aliphatic carbocycles. The SMILES string of the molecule is CCSCCOC(=O)C1=C(C)NC2=C(C(=O)[C@H](C(=O)OC)[C@@H](C)C2)[C@H]1c1coc2ccccc2c1=O. The van der Waals surface area contributed by atoms with Gasteiger partial charge in [0.15, 0.2) is 11.2 Å². The fraction of sp³-hybridized carbons (Fsp3) is 0.407. The molecule has 36 heavy (non-hydrogen) atoms. The lowest BCUT2D eigenvalue weighted by Gasteiger charge is -2.37. The van der Waals surface area contributed by atoms with Crippen LogP contribution < -0.4 is 10.7 Å². The zero-order valence-electron chi connectivity index (χ0n) is 20.7. The van der Waals surface area contributed by atoms with Crippen molar-refractivity contribution < 1.29 is 28.3 Å². The third-order valence-corrected chi connectivity index (χ3v) is 7.51. The summed E-state index contributed by atoms with van der Waals surface area (Å²) in [6.45, 7) is 5.73. The molecule has 9 heteroatoms.